The first kappa shape index (κ1) is 18.9. The van der Waals surface area contributed by atoms with Crippen molar-refractivity contribution in [2.24, 2.45) is 0 Å². The van der Waals surface area contributed by atoms with Crippen LogP contribution >= 0.6 is 0 Å². The van der Waals surface area contributed by atoms with E-state index in [0.717, 1.165) is 6.92 Å². The first-order valence-electron chi connectivity index (χ1n) is 5.06. The molecule has 6 N–H and O–H groups in total. The molecule has 0 heterocycles. The van der Waals surface area contributed by atoms with Crippen molar-refractivity contribution in [2.75, 3.05) is 6.61 Å². The van der Waals surface area contributed by atoms with Gasteiger partial charge in [-0.05, 0) is 0 Å². The minimum absolute atomic E-state index is 0.293. The molecule has 1 amide bonds. The summed E-state index contributed by atoms with van der Waals surface area (Å²) in [6.07, 6.45) is -7.03. The van der Waals surface area contributed by atoms with Gasteiger partial charge in [0.25, 0.3) is 0 Å². The molecule has 0 radical (unpaired) electrons. The second-order valence-electron chi connectivity index (χ2n) is 3.84. The van der Waals surface area contributed by atoms with E-state index >= 15 is 0 Å². The van der Waals surface area contributed by atoms with Gasteiger partial charge in [0.1, 0.15) is 18.3 Å². The van der Waals surface area contributed by atoms with E-state index in [1.54, 1.807) is 5.32 Å². The lowest BCUT2D eigenvalue weighted by atomic mass is 9.99. The number of amides is 1. The lowest BCUT2D eigenvalue weighted by Crippen LogP contribution is -2.63. The second-order valence-corrected chi connectivity index (χ2v) is 4.93. The monoisotopic (exact) mass is 317 g/mol. The molecule has 0 spiro atoms. The van der Waals surface area contributed by atoms with Crippen LogP contribution in [0.4, 0.5) is 0 Å². The van der Waals surface area contributed by atoms with Crippen molar-refractivity contribution in [3.63, 3.8) is 0 Å². The highest BCUT2D eigenvalue weighted by atomic mass is 32.3. The number of aliphatic hydroxyl groups is 4. The van der Waals surface area contributed by atoms with Gasteiger partial charge in [-0.3, -0.25) is 14.1 Å². The predicted octanol–water partition coefficient (Wildman–Crippen LogP) is -4.09. The summed E-state index contributed by atoms with van der Waals surface area (Å²) in [5.74, 6) is -0.922. The summed E-state index contributed by atoms with van der Waals surface area (Å²) >= 11 is 0. The average molecular weight is 317 g/mol. The van der Waals surface area contributed by atoms with Gasteiger partial charge in [-0.1, -0.05) is 0 Å². The topological polar surface area (TPSA) is 191 Å². The summed E-state index contributed by atoms with van der Waals surface area (Å²) in [7, 11) is -4.89. The molecule has 118 valence electrons. The van der Waals surface area contributed by atoms with E-state index in [1.807, 2.05) is 0 Å². The first-order valence-corrected chi connectivity index (χ1v) is 6.43. The third-order valence-electron chi connectivity index (χ3n) is 2.11. The van der Waals surface area contributed by atoms with Crippen LogP contribution < -0.4 is 5.32 Å². The average Bonchev–Trinajstić information content (AvgIpc) is 2.32. The number of hydrogen-bond donors (Lipinski definition) is 6. The zero-order chi connectivity index (χ0) is 16.1. The maximum atomic E-state index is 10.8. The van der Waals surface area contributed by atoms with Crippen molar-refractivity contribution in [3.05, 3.63) is 0 Å². The Bertz CT molecular complexity index is 450. The summed E-state index contributed by atoms with van der Waals surface area (Å²) < 4.78 is 32.5. The molecule has 12 heteroatoms. The summed E-state index contributed by atoms with van der Waals surface area (Å²) in [5, 5.41) is 39.5. The SMILES string of the molecule is CC(=O)N[C@](O)(C=O)[C@@H](O)[C@H](O)[C@H](O)COS(=O)(=O)O. The molecule has 0 aromatic heterocycles. The standard InChI is InChI=1S/C8H15NO10S/c1-4(11)9-8(15,3-10)7(14)6(13)5(12)2-19-20(16,17)18/h3,5-7,12-15H,2H2,1H3,(H,9,11)(H,16,17,18)/t5-,6-,7+,8+/m1/s1. The van der Waals surface area contributed by atoms with Crippen LogP contribution in [0.3, 0.4) is 0 Å². The molecule has 0 aliphatic heterocycles. The molecule has 4 atom stereocenters. The van der Waals surface area contributed by atoms with E-state index in [2.05, 4.69) is 4.18 Å². The molecule has 20 heavy (non-hydrogen) atoms. The van der Waals surface area contributed by atoms with Crippen LogP contribution in [0.1, 0.15) is 6.92 Å². The number of aliphatic hydroxyl groups excluding tert-OH is 3. The molecule has 0 aromatic rings. The van der Waals surface area contributed by atoms with Gasteiger partial charge in [0.05, 0.1) is 6.61 Å². The van der Waals surface area contributed by atoms with Crippen molar-refractivity contribution in [2.45, 2.75) is 31.0 Å². The Balaban J connectivity index is 4.84. The highest BCUT2D eigenvalue weighted by Gasteiger charge is 2.43. The Hall–Kier alpha value is -1.15. The summed E-state index contributed by atoms with van der Waals surface area (Å²) in [4.78, 5) is 21.4. The normalized spacial score (nSPS) is 19.5. The van der Waals surface area contributed by atoms with Gasteiger partial charge in [-0.25, -0.2) is 4.18 Å². The molecule has 0 bridgehead atoms. The van der Waals surface area contributed by atoms with Crippen molar-refractivity contribution in [3.8, 4) is 0 Å². The van der Waals surface area contributed by atoms with Gasteiger partial charge in [-0.15, -0.1) is 0 Å². The fourth-order valence-corrected chi connectivity index (χ4v) is 1.49. The Morgan fingerprint density at radius 2 is 1.90 bits per heavy atom. The summed E-state index contributed by atoms with van der Waals surface area (Å²) in [5.41, 5.74) is -2.90. The summed E-state index contributed by atoms with van der Waals surface area (Å²) in [6.45, 7) is -0.252. The molecule has 0 rings (SSSR count). The Kier molecular flexibility index (Phi) is 6.63. The highest BCUT2D eigenvalue weighted by molar-refractivity contribution is 7.80. The maximum Gasteiger partial charge on any atom is 0.397 e. The molecule has 11 nitrogen and oxygen atoms in total. The number of rotatable bonds is 8. The van der Waals surface area contributed by atoms with E-state index in [-0.39, 0.29) is 6.29 Å². The van der Waals surface area contributed by atoms with Crippen LogP contribution in [0, 0.1) is 0 Å². The third-order valence-corrected chi connectivity index (χ3v) is 2.55. The van der Waals surface area contributed by atoms with Crippen LogP contribution in [0.2, 0.25) is 0 Å². The van der Waals surface area contributed by atoms with Gasteiger partial charge >= 0.3 is 10.4 Å². The molecular weight excluding hydrogens is 302 g/mol. The van der Waals surface area contributed by atoms with E-state index in [0.29, 0.717) is 0 Å². The molecule has 0 aliphatic carbocycles. The largest absolute Gasteiger partial charge is 0.397 e. The van der Waals surface area contributed by atoms with Gasteiger partial charge < -0.3 is 25.7 Å². The third kappa shape index (κ3) is 5.87. The maximum absolute atomic E-state index is 10.8. The van der Waals surface area contributed by atoms with Gasteiger partial charge in [-0.2, -0.15) is 8.42 Å². The quantitative estimate of drug-likeness (QED) is 0.146. The van der Waals surface area contributed by atoms with Crippen molar-refractivity contribution in [1.29, 1.82) is 0 Å². The molecule has 0 aliphatic rings. The van der Waals surface area contributed by atoms with Crippen LogP contribution in [-0.2, 0) is 24.2 Å². The van der Waals surface area contributed by atoms with Crippen LogP contribution in [0.25, 0.3) is 0 Å². The van der Waals surface area contributed by atoms with Crippen molar-refractivity contribution < 1.29 is 47.2 Å². The highest BCUT2D eigenvalue weighted by Crippen LogP contribution is 2.12. The molecular formula is C8H15NO10S. The lowest BCUT2D eigenvalue weighted by molar-refractivity contribution is -0.175. The number of nitrogens with one attached hydrogen (secondary N) is 1. The van der Waals surface area contributed by atoms with Crippen LogP contribution in [-0.4, -0.2) is 76.2 Å². The first-order chi connectivity index (χ1) is 8.93. The predicted molar refractivity (Wildman–Crippen MR) is 60.4 cm³/mol. The lowest BCUT2D eigenvalue weighted by Gasteiger charge is -2.32. The van der Waals surface area contributed by atoms with Gasteiger partial charge in [0.15, 0.2) is 6.29 Å². The molecule has 0 fully saturated rings. The van der Waals surface area contributed by atoms with E-state index < -0.39 is 46.9 Å². The molecule has 0 saturated heterocycles. The van der Waals surface area contributed by atoms with Gasteiger partial charge in [0.2, 0.25) is 11.6 Å². The number of hydrogen-bond acceptors (Lipinski definition) is 9. The summed E-state index contributed by atoms with van der Waals surface area (Å²) in [6, 6.07) is 0. The van der Waals surface area contributed by atoms with Crippen LogP contribution in [0.5, 0.6) is 0 Å². The molecule has 0 aromatic carbocycles. The van der Waals surface area contributed by atoms with Crippen molar-refractivity contribution >= 4 is 22.6 Å². The Morgan fingerprint density at radius 1 is 1.40 bits per heavy atom. The van der Waals surface area contributed by atoms with E-state index in [9.17, 15) is 38.4 Å². The van der Waals surface area contributed by atoms with Crippen molar-refractivity contribution in [1.82, 2.24) is 5.32 Å². The smallest absolute Gasteiger partial charge is 0.388 e. The Labute approximate surface area is 113 Å². The number of carbonyl (C=O) groups is 2. The minimum Gasteiger partial charge on any atom is -0.388 e. The Morgan fingerprint density at radius 3 is 2.25 bits per heavy atom. The fraction of sp³-hybridized carbons (Fsp3) is 0.750. The molecule has 0 unspecified atom stereocenters. The van der Waals surface area contributed by atoms with Crippen LogP contribution in [0.15, 0.2) is 0 Å². The fourth-order valence-electron chi connectivity index (χ4n) is 1.18. The number of aldehydes is 1. The zero-order valence-electron chi connectivity index (χ0n) is 10.2. The van der Waals surface area contributed by atoms with E-state index in [1.165, 1.54) is 0 Å². The van der Waals surface area contributed by atoms with E-state index in [4.69, 9.17) is 4.55 Å². The molecule has 0 saturated carbocycles. The zero-order valence-corrected chi connectivity index (χ0v) is 11.0. The number of carbonyl (C=O) groups excluding carboxylic acids is 2. The van der Waals surface area contributed by atoms with Gasteiger partial charge in [0, 0.05) is 6.92 Å². The second kappa shape index (κ2) is 7.03. The minimum atomic E-state index is -4.89.